The van der Waals surface area contributed by atoms with Crippen molar-refractivity contribution in [3.63, 3.8) is 0 Å². The highest BCUT2D eigenvalue weighted by atomic mass is 16.5. The Morgan fingerprint density at radius 1 is 0.622 bits per heavy atom. The molecule has 0 amide bonds. The molecule has 0 aliphatic carbocycles. The van der Waals surface area contributed by atoms with Crippen molar-refractivity contribution in [3.05, 3.63) is 121 Å². The lowest BCUT2D eigenvalue weighted by Gasteiger charge is -2.19. The molecule has 0 saturated heterocycles. The first-order valence-electron chi connectivity index (χ1n) is 15.6. The van der Waals surface area contributed by atoms with Gasteiger partial charge in [-0.15, -0.1) is 0 Å². The summed E-state index contributed by atoms with van der Waals surface area (Å²) in [5.74, 6) is 1.48. The van der Waals surface area contributed by atoms with Gasteiger partial charge in [-0.2, -0.15) is 0 Å². The van der Waals surface area contributed by atoms with Crippen LogP contribution in [0.15, 0.2) is 114 Å². The maximum absolute atomic E-state index is 6.64. The molecule has 0 aliphatic rings. The van der Waals surface area contributed by atoms with E-state index in [9.17, 15) is 0 Å². The number of fused-ring (bicyclic) bond motifs is 5. The Balaban J connectivity index is 1.23. The van der Waals surface area contributed by atoms with Crippen LogP contribution in [0.4, 0.5) is 0 Å². The molecule has 4 nitrogen and oxygen atoms in total. The van der Waals surface area contributed by atoms with Crippen molar-refractivity contribution in [1.29, 1.82) is 0 Å². The van der Waals surface area contributed by atoms with Crippen molar-refractivity contribution in [2.45, 2.75) is 53.4 Å². The first-order chi connectivity index (χ1) is 21.5. The Morgan fingerprint density at radius 3 is 2.07 bits per heavy atom. The molecule has 7 aromatic rings. The van der Waals surface area contributed by atoms with Gasteiger partial charge in [0.15, 0.2) is 5.58 Å². The third-order valence-electron chi connectivity index (χ3n) is 8.27. The van der Waals surface area contributed by atoms with Crippen LogP contribution in [0.1, 0.15) is 52.7 Å². The average Bonchev–Trinajstić information content (AvgIpc) is 3.39. The lowest BCUT2D eigenvalue weighted by molar-refractivity contribution is 0.411. The number of hydrogen-bond acceptors (Lipinski definition) is 4. The van der Waals surface area contributed by atoms with E-state index in [4.69, 9.17) is 14.1 Å². The van der Waals surface area contributed by atoms with E-state index >= 15 is 0 Å². The van der Waals surface area contributed by atoms with Gasteiger partial charge in [0.1, 0.15) is 22.8 Å². The molecule has 7 rings (SSSR count). The van der Waals surface area contributed by atoms with Gasteiger partial charge in [-0.05, 0) is 82.3 Å². The summed E-state index contributed by atoms with van der Waals surface area (Å²) in [6, 6.07) is 33.5. The molecule has 0 bridgehead atoms. The minimum atomic E-state index is 0.0473. The summed E-state index contributed by atoms with van der Waals surface area (Å²) in [7, 11) is 0. The predicted molar refractivity (Wildman–Crippen MR) is 186 cm³/mol. The Morgan fingerprint density at radius 2 is 1.31 bits per heavy atom. The van der Waals surface area contributed by atoms with Gasteiger partial charge in [-0.25, -0.2) is 0 Å². The number of benzene rings is 4. The first kappa shape index (κ1) is 28.8. The molecular formula is C41H38N2O2. The van der Waals surface area contributed by atoms with E-state index in [0.29, 0.717) is 0 Å². The van der Waals surface area contributed by atoms with Gasteiger partial charge >= 0.3 is 0 Å². The van der Waals surface area contributed by atoms with Gasteiger partial charge < -0.3 is 9.15 Å². The second-order valence-electron chi connectivity index (χ2n) is 14.2. The highest BCUT2D eigenvalue weighted by Crippen LogP contribution is 2.39. The molecule has 3 aromatic heterocycles. The van der Waals surface area contributed by atoms with Crippen molar-refractivity contribution < 1.29 is 9.15 Å². The fourth-order valence-corrected chi connectivity index (χ4v) is 6.08. The van der Waals surface area contributed by atoms with Crippen LogP contribution in [0, 0.1) is 5.41 Å². The average molecular weight is 591 g/mol. The molecule has 0 unspecified atom stereocenters. The van der Waals surface area contributed by atoms with Gasteiger partial charge in [-0.1, -0.05) is 90.1 Å². The lowest BCUT2D eigenvalue weighted by atomic mass is 9.87. The summed E-state index contributed by atoms with van der Waals surface area (Å²) in [5, 5.41) is 4.46. The minimum Gasteiger partial charge on any atom is -0.457 e. The molecule has 0 radical (unpaired) electrons. The van der Waals surface area contributed by atoms with Crippen LogP contribution in [-0.4, -0.2) is 9.97 Å². The van der Waals surface area contributed by atoms with E-state index in [1.54, 1.807) is 0 Å². The zero-order valence-electron chi connectivity index (χ0n) is 26.8. The zero-order valence-corrected chi connectivity index (χ0v) is 26.8. The van der Waals surface area contributed by atoms with Crippen LogP contribution in [0.2, 0.25) is 0 Å². The van der Waals surface area contributed by atoms with E-state index in [1.165, 1.54) is 16.5 Å². The summed E-state index contributed by atoms with van der Waals surface area (Å²) in [6.45, 7) is 13.5. The third-order valence-corrected chi connectivity index (χ3v) is 8.27. The van der Waals surface area contributed by atoms with Crippen LogP contribution >= 0.6 is 0 Å². The van der Waals surface area contributed by atoms with Crippen LogP contribution in [-0.2, 0) is 11.8 Å². The molecule has 45 heavy (non-hydrogen) atoms. The minimum absolute atomic E-state index is 0.0473. The highest BCUT2D eigenvalue weighted by Gasteiger charge is 2.18. The number of furan rings is 1. The van der Waals surface area contributed by atoms with Crippen molar-refractivity contribution in [2.24, 2.45) is 5.41 Å². The fourth-order valence-electron chi connectivity index (χ4n) is 6.08. The second-order valence-corrected chi connectivity index (χ2v) is 14.2. The highest BCUT2D eigenvalue weighted by molar-refractivity contribution is 6.16. The predicted octanol–water partition coefficient (Wildman–Crippen LogP) is 11.5. The van der Waals surface area contributed by atoms with Crippen LogP contribution < -0.4 is 4.74 Å². The smallest absolute Gasteiger partial charge is 0.161 e. The summed E-state index contributed by atoms with van der Waals surface area (Å²) in [6.07, 6.45) is 4.77. The van der Waals surface area contributed by atoms with E-state index < -0.39 is 0 Å². The van der Waals surface area contributed by atoms with Crippen molar-refractivity contribution in [1.82, 2.24) is 9.97 Å². The number of aromatic nitrogens is 2. The molecule has 0 saturated carbocycles. The Bertz CT molecular complexity index is 2190. The molecular weight excluding hydrogens is 552 g/mol. The van der Waals surface area contributed by atoms with E-state index in [1.807, 2.05) is 54.9 Å². The molecule has 0 fully saturated rings. The Hall–Kier alpha value is -4.96. The largest absolute Gasteiger partial charge is 0.457 e. The summed E-state index contributed by atoms with van der Waals surface area (Å²) in [5.41, 5.74) is 8.21. The van der Waals surface area contributed by atoms with Crippen LogP contribution in [0.5, 0.6) is 11.5 Å². The summed E-state index contributed by atoms with van der Waals surface area (Å²) < 4.78 is 13.0. The molecule has 4 heteroatoms. The van der Waals surface area contributed by atoms with Gasteiger partial charge in [0.2, 0.25) is 0 Å². The van der Waals surface area contributed by atoms with E-state index in [-0.39, 0.29) is 10.8 Å². The molecule has 0 aliphatic heterocycles. The molecule has 0 N–H and O–H groups in total. The van der Waals surface area contributed by atoms with E-state index in [0.717, 1.165) is 67.8 Å². The fraction of sp³-hybridized carbons (Fsp3) is 0.220. The molecule has 224 valence electrons. The van der Waals surface area contributed by atoms with Gasteiger partial charge in [0.05, 0.1) is 5.69 Å². The summed E-state index contributed by atoms with van der Waals surface area (Å²) in [4.78, 5) is 9.41. The van der Waals surface area contributed by atoms with Crippen LogP contribution in [0.25, 0.3) is 55.2 Å². The van der Waals surface area contributed by atoms with Crippen molar-refractivity contribution in [3.8, 4) is 34.0 Å². The lowest BCUT2D eigenvalue weighted by Crippen LogP contribution is -2.11. The molecule has 0 spiro atoms. The normalized spacial score (nSPS) is 12.3. The number of pyridine rings is 2. The topological polar surface area (TPSA) is 48.2 Å². The zero-order chi connectivity index (χ0) is 31.3. The maximum atomic E-state index is 6.64. The summed E-state index contributed by atoms with van der Waals surface area (Å²) >= 11 is 0. The first-order valence-corrected chi connectivity index (χ1v) is 15.6. The van der Waals surface area contributed by atoms with Crippen molar-refractivity contribution in [2.75, 3.05) is 0 Å². The van der Waals surface area contributed by atoms with Gasteiger partial charge in [0, 0.05) is 39.7 Å². The second kappa shape index (κ2) is 10.9. The van der Waals surface area contributed by atoms with Gasteiger partial charge in [0.25, 0.3) is 0 Å². The molecule has 0 atom stereocenters. The third kappa shape index (κ3) is 5.81. The molecule has 3 heterocycles. The number of ether oxygens (including phenoxy) is 1. The monoisotopic (exact) mass is 590 g/mol. The molecule has 4 aromatic carbocycles. The standard InChI is InChI=1S/C41H38N2O2/c1-40(2,3)25-26-13-15-33-27(21-26)14-16-34-35-18-20-43-37(39(35)45-38(33)34)29-10-8-12-32(23-29)44-31-11-7-9-28(22-31)36-24-30(17-19-42-36)41(4,5)6/h7-24H,25H2,1-6H3. The Kier molecular flexibility index (Phi) is 6.96. The van der Waals surface area contributed by atoms with E-state index in [2.05, 4.69) is 101 Å². The Labute approximate surface area is 264 Å². The SMILES string of the molecule is CC(C)(C)Cc1ccc2c(ccc3c4ccnc(-c5cccc(Oc6cccc(-c7cc(C(C)(C)C)ccn7)c6)c5)c4oc23)c1. The number of rotatable bonds is 5. The quantitative estimate of drug-likeness (QED) is 0.200. The number of hydrogen-bond donors (Lipinski definition) is 0. The number of nitrogens with zero attached hydrogens (tertiary/aromatic N) is 2. The van der Waals surface area contributed by atoms with Gasteiger partial charge in [-0.3, -0.25) is 9.97 Å². The van der Waals surface area contributed by atoms with Crippen LogP contribution in [0.3, 0.4) is 0 Å². The van der Waals surface area contributed by atoms with Crippen molar-refractivity contribution >= 4 is 32.7 Å². The maximum Gasteiger partial charge on any atom is 0.161 e.